The van der Waals surface area contributed by atoms with E-state index in [0.717, 1.165) is 22.4 Å². The molecule has 0 bridgehead atoms. The van der Waals surface area contributed by atoms with Crippen LogP contribution in [0.25, 0.3) is 22.7 Å². The zero-order valence-corrected chi connectivity index (χ0v) is 12.0. The van der Waals surface area contributed by atoms with Crippen molar-refractivity contribution in [3.63, 3.8) is 0 Å². The lowest BCUT2D eigenvalue weighted by Gasteiger charge is -2.02. The molecular weight excluding hydrogens is 278 g/mol. The highest BCUT2D eigenvalue weighted by atomic mass is 16.4. The van der Waals surface area contributed by atoms with Crippen molar-refractivity contribution in [3.05, 3.63) is 59.8 Å². The third-order valence-electron chi connectivity index (χ3n) is 3.44. The first-order valence-corrected chi connectivity index (χ1v) is 6.85. The molecule has 2 heterocycles. The van der Waals surface area contributed by atoms with Gasteiger partial charge in [-0.15, -0.1) is 0 Å². The van der Waals surface area contributed by atoms with Gasteiger partial charge in [0.05, 0.1) is 5.57 Å². The van der Waals surface area contributed by atoms with Crippen molar-refractivity contribution in [2.24, 2.45) is 0 Å². The molecule has 0 unspecified atom stereocenters. The molecule has 3 N–H and O–H groups in total. The van der Waals surface area contributed by atoms with E-state index in [0.29, 0.717) is 5.56 Å². The summed E-state index contributed by atoms with van der Waals surface area (Å²) in [7, 11) is 1.80. The number of carbonyl (C=O) groups is 1. The Balaban J connectivity index is 2.11. The predicted molar refractivity (Wildman–Crippen MR) is 87.6 cm³/mol. The Hall–Kier alpha value is -3.08. The SMILES string of the molecule is CNc1ccc2c(C=C(C(=O)O)c3ccccc3)c[nH]c2n1. The van der Waals surface area contributed by atoms with Crippen molar-refractivity contribution in [2.45, 2.75) is 0 Å². The minimum Gasteiger partial charge on any atom is -0.478 e. The molecule has 5 nitrogen and oxygen atoms in total. The standard InChI is InChI=1S/C17H15N3O2/c1-18-15-8-7-13-12(10-19-16(13)20-15)9-14(17(21)22)11-5-3-2-4-6-11/h2-10H,1H3,(H,21,22)(H2,18,19,20). The molecule has 0 fully saturated rings. The molecule has 0 aliphatic rings. The summed E-state index contributed by atoms with van der Waals surface area (Å²) in [5.74, 6) is -0.202. The van der Waals surface area contributed by atoms with Crippen LogP contribution in [0.5, 0.6) is 0 Å². The highest BCUT2D eigenvalue weighted by molar-refractivity contribution is 6.21. The Morgan fingerprint density at radius 3 is 2.68 bits per heavy atom. The Labute approximate surface area is 127 Å². The molecule has 3 rings (SSSR count). The molecule has 0 aliphatic heterocycles. The second kappa shape index (κ2) is 5.73. The predicted octanol–water partition coefficient (Wildman–Crippen LogP) is 3.23. The fourth-order valence-corrected chi connectivity index (χ4v) is 2.33. The molecule has 1 aromatic carbocycles. The summed E-state index contributed by atoms with van der Waals surface area (Å²) in [6.45, 7) is 0. The monoisotopic (exact) mass is 293 g/mol. The van der Waals surface area contributed by atoms with Gasteiger partial charge < -0.3 is 15.4 Å². The highest BCUT2D eigenvalue weighted by Crippen LogP contribution is 2.24. The van der Waals surface area contributed by atoms with Gasteiger partial charge in [-0.05, 0) is 23.8 Å². The molecular formula is C17H15N3O2. The van der Waals surface area contributed by atoms with Crippen molar-refractivity contribution in [3.8, 4) is 0 Å². The van der Waals surface area contributed by atoms with Gasteiger partial charge in [0.25, 0.3) is 0 Å². The molecule has 0 amide bonds. The van der Waals surface area contributed by atoms with Crippen LogP contribution in [0.15, 0.2) is 48.7 Å². The summed E-state index contributed by atoms with van der Waals surface area (Å²) < 4.78 is 0. The molecule has 0 atom stereocenters. The van der Waals surface area contributed by atoms with Crippen LogP contribution in [0.2, 0.25) is 0 Å². The van der Waals surface area contributed by atoms with Gasteiger partial charge in [-0.3, -0.25) is 0 Å². The third kappa shape index (κ3) is 2.56. The molecule has 110 valence electrons. The Morgan fingerprint density at radius 1 is 1.23 bits per heavy atom. The summed E-state index contributed by atoms with van der Waals surface area (Å²) in [5, 5.41) is 13.3. The number of H-pyrrole nitrogens is 1. The van der Waals surface area contributed by atoms with Crippen LogP contribution in [0.4, 0.5) is 5.82 Å². The first-order valence-electron chi connectivity index (χ1n) is 6.85. The van der Waals surface area contributed by atoms with E-state index in [1.54, 1.807) is 31.5 Å². The fourth-order valence-electron chi connectivity index (χ4n) is 2.33. The number of pyridine rings is 1. The molecule has 3 aromatic rings. The van der Waals surface area contributed by atoms with Gasteiger partial charge >= 0.3 is 5.97 Å². The Morgan fingerprint density at radius 2 is 2.00 bits per heavy atom. The molecule has 2 aromatic heterocycles. The number of aromatic nitrogens is 2. The van der Waals surface area contributed by atoms with Crippen molar-refractivity contribution in [1.29, 1.82) is 0 Å². The number of anilines is 1. The van der Waals surface area contributed by atoms with E-state index in [1.165, 1.54) is 0 Å². The van der Waals surface area contributed by atoms with Crippen LogP contribution in [0.3, 0.4) is 0 Å². The number of carboxylic acid groups (broad SMARTS) is 1. The largest absolute Gasteiger partial charge is 0.478 e. The lowest BCUT2D eigenvalue weighted by molar-refractivity contribution is -0.130. The number of nitrogens with one attached hydrogen (secondary N) is 2. The van der Waals surface area contributed by atoms with Gasteiger partial charge in [-0.1, -0.05) is 30.3 Å². The third-order valence-corrected chi connectivity index (χ3v) is 3.44. The molecule has 0 aliphatic carbocycles. The first-order chi connectivity index (χ1) is 10.7. The topological polar surface area (TPSA) is 78.0 Å². The van der Waals surface area contributed by atoms with Crippen LogP contribution in [0.1, 0.15) is 11.1 Å². The number of nitrogens with zero attached hydrogens (tertiary/aromatic N) is 1. The maximum atomic E-state index is 11.6. The number of benzene rings is 1. The quantitative estimate of drug-likeness (QED) is 0.645. The van der Waals surface area contributed by atoms with Crippen LogP contribution in [-0.2, 0) is 4.79 Å². The zero-order chi connectivity index (χ0) is 15.5. The van der Waals surface area contributed by atoms with Crippen LogP contribution < -0.4 is 5.32 Å². The molecule has 22 heavy (non-hydrogen) atoms. The van der Waals surface area contributed by atoms with Crippen LogP contribution in [-0.4, -0.2) is 28.1 Å². The van der Waals surface area contributed by atoms with E-state index < -0.39 is 5.97 Å². The van der Waals surface area contributed by atoms with Gasteiger partial charge in [0.2, 0.25) is 0 Å². The number of hydrogen-bond acceptors (Lipinski definition) is 3. The lowest BCUT2D eigenvalue weighted by atomic mass is 10.0. The number of aromatic amines is 1. The summed E-state index contributed by atoms with van der Waals surface area (Å²) >= 11 is 0. The number of carboxylic acids is 1. The van der Waals surface area contributed by atoms with Gasteiger partial charge in [-0.25, -0.2) is 9.78 Å². The Kier molecular flexibility index (Phi) is 3.62. The van der Waals surface area contributed by atoms with E-state index in [4.69, 9.17) is 0 Å². The van der Waals surface area contributed by atoms with E-state index >= 15 is 0 Å². The van der Waals surface area contributed by atoms with E-state index in [1.807, 2.05) is 30.3 Å². The fraction of sp³-hybridized carbons (Fsp3) is 0.0588. The van der Waals surface area contributed by atoms with E-state index in [-0.39, 0.29) is 5.57 Å². The van der Waals surface area contributed by atoms with Gasteiger partial charge in [0, 0.05) is 24.2 Å². The average molecular weight is 293 g/mol. The molecule has 5 heteroatoms. The summed E-state index contributed by atoms with van der Waals surface area (Å²) in [5.41, 5.74) is 2.44. The smallest absolute Gasteiger partial charge is 0.336 e. The number of rotatable bonds is 4. The second-order valence-electron chi connectivity index (χ2n) is 4.82. The van der Waals surface area contributed by atoms with Crippen molar-refractivity contribution in [1.82, 2.24) is 9.97 Å². The number of hydrogen-bond donors (Lipinski definition) is 3. The van der Waals surface area contributed by atoms with E-state index in [2.05, 4.69) is 15.3 Å². The highest BCUT2D eigenvalue weighted by Gasteiger charge is 2.12. The number of aliphatic carboxylic acids is 1. The normalized spacial score (nSPS) is 11.6. The van der Waals surface area contributed by atoms with E-state index in [9.17, 15) is 9.90 Å². The Bertz CT molecular complexity index is 851. The number of fused-ring (bicyclic) bond motifs is 1. The lowest BCUT2D eigenvalue weighted by Crippen LogP contribution is -1.99. The average Bonchev–Trinajstić information content (AvgIpc) is 2.95. The van der Waals surface area contributed by atoms with Crippen LogP contribution >= 0.6 is 0 Å². The van der Waals surface area contributed by atoms with Gasteiger partial charge in [-0.2, -0.15) is 0 Å². The first kappa shape index (κ1) is 13.9. The zero-order valence-electron chi connectivity index (χ0n) is 12.0. The molecule has 0 saturated heterocycles. The summed E-state index contributed by atoms with van der Waals surface area (Å²) in [6, 6.07) is 12.8. The summed E-state index contributed by atoms with van der Waals surface area (Å²) in [6.07, 6.45) is 3.43. The maximum absolute atomic E-state index is 11.6. The molecule has 0 saturated carbocycles. The van der Waals surface area contributed by atoms with Gasteiger partial charge in [0.1, 0.15) is 11.5 Å². The second-order valence-corrected chi connectivity index (χ2v) is 4.82. The molecule has 0 radical (unpaired) electrons. The minimum atomic E-state index is -0.958. The summed E-state index contributed by atoms with van der Waals surface area (Å²) in [4.78, 5) is 19.0. The van der Waals surface area contributed by atoms with Gasteiger partial charge in [0.15, 0.2) is 0 Å². The molecule has 0 spiro atoms. The van der Waals surface area contributed by atoms with Crippen molar-refractivity contribution < 1.29 is 9.90 Å². The maximum Gasteiger partial charge on any atom is 0.336 e. The van der Waals surface area contributed by atoms with Crippen LogP contribution in [0, 0.1) is 0 Å². The van der Waals surface area contributed by atoms with Crippen molar-refractivity contribution in [2.75, 3.05) is 12.4 Å². The van der Waals surface area contributed by atoms with Crippen molar-refractivity contribution >= 4 is 34.5 Å². The minimum absolute atomic E-state index is 0.249.